The maximum Gasteiger partial charge on any atom is 0.323 e. The molecule has 2 aliphatic rings. The first-order valence-corrected chi connectivity index (χ1v) is 7.92. The molecule has 0 aromatic rings. The molecule has 0 radical (unpaired) electrons. The van der Waals surface area contributed by atoms with E-state index in [4.69, 9.17) is 4.74 Å². The van der Waals surface area contributed by atoms with Gasteiger partial charge in [0, 0.05) is 0 Å². The summed E-state index contributed by atoms with van der Waals surface area (Å²) in [5.41, 5.74) is -0.364. The molecule has 1 heterocycles. The van der Waals surface area contributed by atoms with E-state index in [0.29, 0.717) is 0 Å². The van der Waals surface area contributed by atoms with Crippen LogP contribution in [-0.4, -0.2) is 35.6 Å². The van der Waals surface area contributed by atoms with Crippen molar-refractivity contribution >= 4 is 5.97 Å². The van der Waals surface area contributed by atoms with Crippen LogP contribution in [0.25, 0.3) is 0 Å². The maximum atomic E-state index is 12.2. The molecule has 19 heavy (non-hydrogen) atoms. The van der Waals surface area contributed by atoms with E-state index in [9.17, 15) is 4.79 Å². The first-order valence-electron chi connectivity index (χ1n) is 7.92. The highest BCUT2D eigenvalue weighted by atomic mass is 16.6. The van der Waals surface area contributed by atoms with Crippen LogP contribution in [0, 0.1) is 5.92 Å². The molecule has 1 saturated heterocycles. The zero-order valence-electron chi connectivity index (χ0n) is 12.8. The normalized spacial score (nSPS) is 25.9. The van der Waals surface area contributed by atoms with Gasteiger partial charge in [-0.1, -0.05) is 25.7 Å². The highest BCUT2D eigenvalue weighted by Gasteiger charge is 2.34. The van der Waals surface area contributed by atoms with Crippen molar-refractivity contribution in [2.24, 2.45) is 5.92 Å². The average molecular weight is 267 g/mol. The van der Waals surface area contributed by atoms with Crippen LogP contribution in [0.5, 0.6) is 0 Å². The van der Waals surface area contributed by atoms with E-state index in [2.05, 4.69) is 4.90 Å². The Morgan fingerprint density at radius 2 is 1.84 bits per heavy atom. The standard InChI is InChI=1S/C16H29NO2/c1-16(2,3)19-15(18)14-9-6-11-17(14)12-10-13-7-4-5-8-13/h13-14H,4-12H2,1-3H3/t14-/m1/s1. The number of hydrogen-bond donors (Lipinski definition) is 0. The van der Waals surface area contributed by atoms with E-state index in [1.165, 1.54) is 32.1 Å². The lowest BCUT2D eigenvalue weighted by Gasteiger charge is -2.28. The smallest absolute Gasteiger partial charge is 0.323 e. The molecule has 0 N–H and O–H groups in total. The van der Waals surface area contributed by atoms with E-state index < -0.39 is 0 Å². The van der Waals surface area contributed by atoms with E-state index in [1.807, 2.05) is 20.8 Å². The van der Waals surface area contributed by atoms with Crippen LogP contribution in [0.4, 0.5) is 0 Å². The third-order valence-electron chi connectivity index (χ3n) is 4.34. The van der Waals surface area contributed by atoms with Crippen LogP contribution in [0.1, 0.15) is 65.7 Å². The first-order chi connectivity index (χ1) is 8.96. The van der Waals surface area contributed by atoms with E-state index in [-0.39, 0.29) is 17.6 Å². The quantitative estimate of drug-likeness (QED) is 0.731. The molecule has 0 unspecified atom stereocenters. The second-order valence-corrected chi connectivity index (χ2v) is 7.17. The van der Waals surface area contributed by atoms with Crippen LogP contribution in [0.15, 0.2) is 0 Å². The number of carbonyl (C=O) groups excluding carboxylic acids is 1. The highest BCUT2D eigenvalue weighted by molar-refractivity contribution is 5.76. The van der Waals surface area contributed by atoms with Gasteiger partial charge in [0.1, 0.15) is 11.6 Å². The predicted octanol–water partition coefficient (Wildman–Crippen LogP) is 3.37. The van der Waals surface area contributed by atoms with Crippen molar-refractivity contribution in [2.45, 2.75) is 77.4 Å². The van der Waals surface area contributed by atoms with Gasteiger partial charge >= 0.3 is 5.97 Å². The second kappa shape index (κ2) is 6.25. The summed E-state index contributed by atoms with van der Waals surface area (Å²) in [5, 5.41) is 0. The van der Waals surface area contributed by atoms with Gasteiger partial charge in [-0.05, 0) is 59.0 Å². The minimum Gasteiger partial charge on any atom is -0.459 e. The molecular weight excluding hydrogens is 238 g/mol. The molecule has 110 valence electrons. The van der Waals surface area contributed by atoms with Gasteiger partial charge in [0.15, 0.2) is 0 Å². The van der Waals surface area contributed by atoms with E-state index >= 15 is 0 Å². The molecular formula is C16H29NO2. The fourth-order valence-electron chi connectivity index (χ4n) is 3.38. The second-order valence-electron chi connectivity index (χ2n) is 7.17. The Balaban J connectivity index is 1.80. The molecule has 0 aromatic carbocycles. The lowest BCUT2D eigenvalue weighted by Crippen LogP contribution is -2.41. The van der Waals surface area contributed by atoms with Crippen molar-refractivity contribution in [1.82, 2.24) is 4.90 Å². The molecule has 3 nitrogen and oxygen atoms in total. The van der Waals surface area contributed by atoms with Crippen molar-refractivity contribution in [2.75, 3.05) is 13.1 Å². The zero-order valence-corrected chi connectivity index (χ0v) is 12.8. The Bertz CT molecular complexity index is 302. The van der Waals surface area contributed by atoms with E-state index in [0.717, 1.165) is 31.8 Å². The van der Waals surface area contributed by atoms with Crippen LogP contribution in [0.3, 0.4) is 0 Å². The molecule has 0 aromatic heterocycles. The lowest BCUT2D eigenvalue weighted by molar-refractivity contribution is -0.160. The first kappa shape index (κ1) is 14.8. The number of rotatable bonds is 4. The topological polar surface area (TPSA) is 29.5 Å². The van der Waals surface area contributed by atoms with Gasteiger partial charge in [-0.15, -0.1) is 0 Å². The summed E-state index contributed by atoms with van der Waals surface area (Å²) in [6, 6.07) is 0.0145. The van der Waals surface area contributed by atoms with Gasteiger partial charge in [0.25, 0.3) is 0 Å². The van der Waals surface area contributed by atoms with Gasteiger partial charge in [-0.25, -0.2) is 0 Å². The van der Waals surface area contributed by atoms with Gasteiger partial charge in [0.05, 0.1) is 0 Å². The molecule has 1 aliphatic heterocycles. The van der Waals surface area contributed by atoms with Crippen molar-refractivity contribution in [3.63, 3.8) is 0 Å². The Kier molecular flexibility index (Phi) is 4.88. The summed E-state index contributed by atoms with van der Waals surface area (Å²) in [6.45, 7) is 7.99. The fraction of sp³-hybridized carbons (Fsp3) is 0.938. The third kappa shape index (κ3) is 4.48. The number of nitrogens with zero attached hydrogens (tertiary/aromatic N) is 1. The Labute approximate surface area is 117 Å². The van der Waals surface area contributed by atoms with Gasteiger partial charge in [-0.2, -0.15) is 0 Å². The van der Waals surface area contributed by atoms with Crippen molar-refractivity contribution in [1.29, 1.82) is 0 Å². The van der Waals surface area contributed by atoms with Crippen LogP contribution < -0.4 is 0 Å². The Hall–Kier alpha value is -0.570. The minimum atomic E-state index is -0.364. The number of hydrogen-bond acceptors (Lipinski definition) is 3. The predicted molar refractivity (Wildman–Crippen MR) is 77.0 cm³/mol. The van der Waals surface area contributed by atoms with Crippen molar-refractivity contribution < 1.29 is 9.53 Å². The fourth-order valence-corrected chi connectivity index (χ4v) is 3.38. The summed E-state index contributed by atoms with van der Waals surface area (Å²) in [6.07, 6.45) is 8.96. The molecule has 2 rings (SSSR count). The molecule has 0 bridgehead atoms. The Morgan fingerprint density at radius 1 is 1.16 bits per heavy atom. The molecule has 2 fully saturated rings. The van der Waals surface area contributed by atoms with Crippen LogP contribution in [0.2, 0.25) is 0 Å². The molecule has 1 saturated carbocycles. The van der Waals surface area contributed by atoms with Crippen LogP contribution in [-0.2, 0) is 9.53 Å². The monoisotopic (exact) mass is 267 g/mol. The number of carbonyl (C=O) groups is 1. The Morgan fingerprint density at radius 3 is 2.47 bits per heavy atom. The highest BCUT2D eigenvalue weighted by Crippen LogP contribution is 2.29. The zero-order chi connectivity index (χ0) is 13.9. The van der Waals surface area contributed by atoms with Gasteiger partial charge < -0.3 is 4.74 Å². The van der Waals surface area contributed by atoms with Crippen LogP contribution >= 0.6 is 0 Å². The summed E-state index contributed by atoms with van der Waals surface area (Å²) in [5.74, 6) is 0.885. The summed E-state index contributed by atoms with van der Waals surface area (Å²) in [7, 11) is 0. The number of esters is 1. The number of likely N-dealkylation sites (tertiary alicyclic amines) is 1. The summed E-state index contributed by atoms with van der Waals surface area (Å²) < 4.78 is 5.54. The molecule has 0 spiro atoms. The number of ether oxygens (including phenoxy) is 1. The van der Waals surface area contributed by atoms with Gasteiger partial charge in [0.2, 0.25) is 0 Å². The van der Waals surface area contributed by atoms with E-state index in [1.54, 1.807) is 0 Å². The van der Waals surface area contributed by atoms with Gasteiger partial charge in [-0.3, -0.25) is 9.69 Å². The van der Waals surface area contributed by atoms with Crippen molar-refractivity contribution in [3.8, 4) is 0 Å². The average Bonchev–Trinajstić information content (AvgIpc) is 2.95. The third-order valence-corrected chi connectivity index (χ3v) is 4.34. The molecule has 1 atom stereocenters. The summed E-state index contributed by atoms with van der Waals surface area (Å²) >= 11 is 0. The SMILES string of the molecule is CC(C)(C)OC(=O)[C@H]1CCCN1CCC1CCCC1. The summed E-state index contributed by atoms with van der Waals surface area (Å²) in [4.78, 5) is 14.6. The largest absolute Gasteiger partial charge is 0.459 e. The lowest BCUT2D eigenvalue weighted by atomic mass is 10.0. The van der Waals surface area contributed by atoms with Crippen molar-refractivity contribution in [3.05, 3.63) is 0 Å². The molecule has 3 heteroatoms. The maximum absolute atomic E-state index is 12.2. The molecule has 1 aliphatic carbocycles. The molecule has 0 amide bonds. The minimum absolute atomic E-state index is 0.0145.